The summed E-state index contributed by atoms with van der Waals surface area (Å²) in [6.07, 6.45) is 0. The number of halogens is 1. The molecule has 5 heteroatoms. The van der Waals surface area contributed by atoms with Crippen LogP contribution in [0.25, 0.3) is 17.1 Å². The molecular formula is C23H13BrN2O2. The molecule has 0 fully saturated rings. The summed E-state index contributed by atoms with van der Waals surface area (Å²) in [5.41, 5.74) is 2.94. The zero-order valence-corrected chi connectivity index (χ0v) is 16.2. The van der Waals surface area contributed by atoms with Crippen LogP contribution in [0.3, 0.4) is 0 Å². The second-order valence-corrected chi connectivity index (χ2v) is 7.43. The molecule has 0 amide bonds. The molecule has 1 aromatic heterocycles. The van der Waals surface area contributed by atoms with Gasteiger partial charge >= 0.3 is 0 Å². The minimum absolute atomic E-state index is 0.190. The SMILES string of the molecule is O=C1c2ccccc2C(=O)c2c1nc(-c1ccc(Br)cc1)n2-c1ccccc1. The highest BCUT2D eigenvalue weighted by atomic mass is 79.9. The Morgan fingerprint density at radius 2 is 1.32 bits per heavy atom. The number of para-hydroxylation sites is 1. The molecule has 0 bridgehead atoms. The number of rotatable bonds is 2. The molecule has 0 N–H and O–H groups in total. The maximum atomic E-state index is 13.3. The number of ketones is 2. The third-order valence-corrected chi connectivity index (χ3v) is 5.37. The van der Waals surface area contributed by atoms with Crippen LogP contribution in [0.4, 0.5) is 0 Å². The van der Waals surface area contributed by atoms with E-state index in [-0.39, 0.29) is 17.3 Å². The van der Waals surface area contributed by atoms with E-state index < -0.39 is 0 Å². The minimum Gasteiger partial charge on any atom is -0.289 e. The molecule has 0 aliphatic heterocycles. The van der Waals surface area contributed by atoms with Crippen LogP contribution in [0.15, 0.2) is 83.3 Å². The van der Waals surface area contributed by atoms with E-state index in [1.54, 1.807) is 28.8 Å². The number of nitrogens with zero attached hydrogens (tertiary/aromatic N) is 2. The summed E-state index contributed by atoms with van der Waals surface area (Å²) in [4.78, 5) is 31.1. The summed E-state index contributed by atoms with van der Waals surface area (Å²) < 4.78 is 2.73. The summed E-state index contributed by atoms with van der Waals surface area (Å²) in [7, 11) is 0. The molecule has 0 saturated carbocycles. The van der Waals surface area contributed by atoms with Crippen molar-refractivity contribution in [1.29, 1.82) is 0 Å². The molecule has 4 aromatic rings. The van der Waals surface area contributed by atoms with E-state index in [0.717, 1.165) is 15.7 Å². The lowest BCUT2D eigenvalue weighted by Gasteiger charge is -2.16. The summed E-state index contributed by atoms with van der Waals surface area (Å²) in [5, 5.41) is 0. The molecule has 0 saturated heterocycles. The lowest BCUT2D eigenvalue weighted by atomic mass is 9.90. The van der Waals surface area contributed by atoms with E-state index in [1.165, 1.54) is 0 Å². The Labute approximate surface area is 169 Å². The number of hydrogen-bond donors (Lipinski definition) is 0. The van der Waals surface area contributed by atoms with Crippen LogP contribution < -0.4 is 0 Å². The Balaban J connectivity index is 1.84. The Morgan fingerprint density at radius 1 is 0.714 bits per heavy atom. The number of carbonyl (C=O) groups excluding carboxylic acids is 2. The number of carbonyl (C=O) groups is 2. The van der Waals surface area contributed by atoms with Crippen molar-refractivity contribution in [3.05, 3.63) is 106 Å². The summed E-state index contributed by atoms with van der Waals surface area (Å²) in [6, 6.07) is 24.1. The van der Waals surface area contributed by atoms with Gasteiger partial charge in [-0.1, -0.05) is 70.5 Å². The molecule has 0 radical (unpaired) electrons. The van der Waals surface area contributed by atoms with Gasteiger partial charge in [-0.2, -0.15) is 0 Å². The fourth-order valence-electron chi connectivity index (χ4n) is 3.54. The molecule has 0 atom stereocenters. The van der Waals surface area contributed by atoms with Crippen LogP contribution in [-0.4, -0.2) is 21.1 Å². The maximum Gasteiger partial charge on any atom is 0.214 e. The smallest absolute Gasteiger partial charge is 0.214 e. The topological polar surface area (TPSA) is 52.0 Å². The fraction of sp³-hybridized carbons (Fsp3) is 0. The maximum absolute atomic E-state index is 13.3. The molecule has 1 heterocycles. The van der Waals surface area contributed by atoms with Gasteiger partial charge in [0.2, 0.25) is 11.6 Å². The zero-order chi connectivity index (χ0) is 19.3. The molecule has 0 spiro atoms. The van der Waals surface area contributed by atoms with Crippen LogP contribution in [0.2, 0.25) is 0 Å². The quantitative estimate of drug-likeness (QED) is 0.394. The number of imidazole rings is 1. The number of fused-ring (bicyclic) bond motifs is 2. The first-order valence-corrected chi connectivity index (χ1v) is 9.57. The monoisotopic (exact) mass is 428 g/mol. The standard InChI is InChI=1S/C23H13BrN2O2/c24-15-12-10-14(11-13-15)23-25-19-20(26(23)16-6-2-1-3-7-16)22(28)18-9-5-4-8-17(18)21(19)27/h1-13H. The van der Waals surface area contributed by atoms with Gasteiger partial charge < -0.3 is 0 Å². The summed E-state index contributed by atoms with van der Waals surface area (Å²) in [6.45, 7) is 0. The number of hydrogen-bond acceptors (Lipinski definition) is 3. The molecule has 3 aromatic carbocycles. The first-order chi connectivity index (χ1) is 13.6. The van der Waals surface area contributed by atoms with Gasteiger partial charge in [0.15, 0.2) is 0 Å². The predicted octanol–water partition coefficient (Wildman–Crippen LogP) is 5.08. The van der Waals surface area contributed by atoms with Crippen molar-refractivity contribution in [2.24, 2.45) is 0 Å². The first kappa shape index (κ1) is 16.8. The highest BCUT2D eigenvalue weighted by Gasteiger charge is 2.36. The molecule has 4 nitrogen and oxygen atoms in total. The second-order valence-electron chi connectivity index (χ2n) is 6.51. The highest BCUT2D eigenvalue weighted by Crippen LogP contribution is 2.34. The summed E-state index contributed by atoms with van der Waals surface area (Å²) >= 11 is 3.44. The molecule has 134 valence electrons. The van der Waals surface area contributed by atoms with Crippen molar-refractivity contribution in [3.63, 3.8) is 0 Å². The van der Waals surface area contributed by atoms with Crippen molar-refractivity contribution in [2.75, 3.05) is 0 Å². The molecule has 0 unspecified atom stereocenters. The highest BCUT2D eigenvalue weighted by molar-refractivity contribution is 9.10. The first-order valence-electron chi connectivity index (χ1n) is 8.77. The Morgan fingerprint density at radius 3 is 2.00 bits per heavy atom. The van der Waals surface area contributed by atoms with E-state index in [0.29, 0.717) is 22.6 Å². The van der Waals surface area contributed by atoms with Gasteiger partial charge in [0.25, 0.3) is 0 Å². The Bertz CT molecular complexity index is 1240. The van der Waals surface area contributed by atoms with Gasteiger partial charge in [0.05, 0.1) is 0 Å². The third kappa shape index (κ3) is 2.47. The average Bonchev–Trinajstić information content (AvgIpc) is 3.14. The van der Waals surface area contributed by atoms with Gasteiger partial charge in [-0.05, 0) is 24.3 Å². The van der Waals surface area contributed by atoms with Crippen molar-refractivity contribution in [3.8, 4) is 17.1 Å². The van der Waals surface area contributed by atoms with Crippen molar-refractivity contribution >= 4 is 27.5 Å². The number of benzene rings is 3. The molecule has 1 aliphatic rings. The largest absolute Gasteiger partial charge is 0.289 e. The van der Waals surface area contributed by atoms with E-state index in [1.807, 2.05) is 54.6 Å². The van der Waals surface area contributed by atoms with Crippen LogP contribution in [0.1, 0.15) is 32.1 Å². The third-order valence-electron chi connectivity index (χ3n) is 4.84. The predicted molar refractivity (Wildman–Crippen MR) is 110 cm³/mol. The Hall–Kier alpha value is -3.31. The van der Waals surface area contributed by atoms with Crippen LogP contribution in [-0.2, 0) is 0 Å². The lowest BCUT2D eigenvalue weighted by Crippen LogP contribution is -2.22. The van der Waals surface area contributed by atoms with E-state index in [4.69, 9.17) is 0 Å². The van der Waals surface area contributed by atoms with Gasteiger partial charge in [-0.15, -0.1) is 0 Å². The van der Waals surface area contributed by atoms with Gasteiger partial charge in [-0.25, -0.2) is 4.98 Å². The lowest BCUT2D eigenvalue weighted by molar-refractivity contribution is 0.0972. The van der Waals surface area contributed by atoms with Crippen LogP contribution >= 0.6 is 15.9 Å². The second kappa shape index (κ2) is 6.39. The normalized spacial score (nSPS) is 12.6. The molecular weight excluding hydrogens is 416 g/mol. The Kier molecular flexibility index (Phi) is 3.84. The number of aromatic nitrogens is 2. The van der Waals surface area contributed by atoms with E-state index in [9.17, 15) is 9.59 Å². The van der Waals surface area contributed by atoms with E-state index >= 15 is 0 Å². The van der Waals surface area contributed by atoms with Crippen LogP contribution in [0, 0.1) is 0 Å². The zero-order valence-electron chi connectivity index (χ0n) is 14.6. The van der Waals surface area contributed by atoms with Crippen molar-refractivity contribution < 1.29 is 9.59 Å². The summed E-state index contributed by atoms with van der Waals surface area (Å²) in [5.74, 6) is 0.154. The van der Waals surface area contributed by atoms with Crippen molar-refractivity contribution in [1.82, 2.24) is 9.55 Å². The van der Waals surface area contributed by atoms with Gasteiger partial charge in [0, 0.05) is 26.9 Å². The van der Waals surface area contributed by atoms with Crippen LogP contribution in [0.5, 0.6) is 0 Å². The molecule has 5 rings (SSSR count). The minimum atomic E-state index is -0.224. The van der Waals surface area contributed by atoms with Gasteiger partial charge in [-0.3, -0.25) is 14.2 Å². The fourth-order valence-corrected chi connectivity index (χ4v) is 3.81. The molecule has 1 aliphatic carbocycles. The van der Waals surface area contributed by atoms with E-state index in [2.05, 4.69) is 20.9 Å². The molecule has 28 heavy (non-hydrogen) atoms. The van der Waals surface area contributed by atoms with Crippen molar-refractivity contribution in [2.45, 2.75) is 0 Å². The van der Waals surface area contributed by atoms with Gasteiger partial charge in [0.1, 0.15) is 17.2 Å². The average molecular weight is 429 g/mol.